The number of hydrogen-bond donors (Lipinski definition) is 3. The number of sulfonamides is 1. The molecule has 10 nitrogen and oxygen atoms in total. The van der Waals surface area contributed by atoms with Crippen molar-refractivity contribution in [3.63, 3.8) is 0 Å². The molecule has 0 saturated heterocycles. The van der Waals surface area contributed by atoms with Crippen molar-refractivity contribution in [2.24, 2.45) is 7.05 Å². The van der Waals surface area contributed by atoms with Gasteiger partial charge in [0.2, 0.25) is 0 Å². The molecule has 11 heteroatoms. The second kappa shape index (κ2) is 11.7. The van der Waals surface area contributed by atoms with Gasteiger partial charge in [0.15, 0.2) is 0 Å². The predicted molar refractivity (Wildman–Crippen MR) is 164 cm³/mol. The molecule has 0 unspecified atom stereocenters. The van der Waals surface area contributed by atoms with Gasteiger partial charge in [-0.1, -0.05) is 24.3 Å². The number of nitrogens with one attached hydrogen (secondary N) is 3. The molecule has 0 spiro atoms. The first-order chi connectivity index (χ1) is 20.2. The molecule has 0 aliphatic rings. The highest BCUT2D eigenvalue weighted by molar-refractivity contribution is 7.92. The Kier molecular flexibility index (Phi) is 7.85. The highest BCUT2D eigenvalue weighted by Crippen LogP contribution is 2.23. The van der Waals surface area contributed by atoms with Crippen molar-refractivity contribution in [3.05, 3.63) is 125 Å². The third-order valence-electron chi connectivity index (χ3n) is 6.72. The standard InChI is InChI=1S/C31H29N5O5S/c1-21-29(31(38)36(35(21)2)26-9-5-4-6-10-26)34-42(39,40)28-11-7-8-22(20-28)30(37)33-25-14-12-23(13-15-25)32-24-16-18-27(41-3)19-17-24/h4-20,32,34H,1-3H3,(H,33,37). The number of anilines is 4. The van der Waals surface area contributed by atoms with Crippen molar-refractivity contribution in [1.29, 1.82) is 0 Å². The van der Waals surface area contributed by atoms with Gasteiger partial charge in [-0.05, 0) is 85.8 Å². The number of carbonyl (C=O) groups excluding carboxylic acids is 1. The smallest absolute Gasteiger partial charge is 0.296 e. The molecule has 1 aromatic heterocycles. The number of para-hydroxylation sites is 1. The average Bonchev–Trinajstić information content (AvgIpc) is 3.21. The van der Waals surface area contributed by atoms with E-state index in [9.17, 15) is 18.0 Å². The number of carbonyl (C=O) groups is 1. The minimum Gasteiger partial charge on any atom is -0.497 e. The van der Waals surface area contributed by atoms with Gasteiger partial charge in [-0.2, -0.15) is 0 Å². The molecule has 0 fully saturated rings. The van der Waals surface area contributed by atoms with Crippen LogP contribution in [0.25, 0.3) is 5.69 Å². The Balaban J connectivity index is 1.30. The van der Waals surface area contributed by atoms with Crippen LogP contribution in [0.5, 0.6) is 5.75 Å². The number of ether oxygens (including phenoxy) is 1. The molecule has 0 aliphatic carbocycles. The van der Waals surface area contributed by atoms with Crippen LogP contribution in [0.1, 0.15) is 16.1 Å². The monoisotopic (exact) mass is 583 g/mol. The number of nitrogens with zero attached hydrogens (tertiary/aromatic N) is 2. The Morgan fingerprint density at radius 1 is 0.810 bits per heavy atom. The lowest BCUT2D eigenvalue weighted by Gasteiger charge is -2.11. The van der Waals surface area contributed by atoms with Crippen LogP contribution >= 0.6 is 0 Å². The summed E-state index contributed by atoms with van der Waals surface area (Å²) in [5.41, 5.74) is 2.83. The first-order valence-corrected chi connectivity index (χ1v) is 14.4. The van der Waals surface area contributed by atoms with Crippen LogP contribution in [0.2, 0.25) is 0 Å². The van der Waals surface area contributed by atoms with E-state index in [-0.39, 0.29) is 16.1 Å². The van der Waals surface area contributed by atoms with Gasteiger partial charge in [0.25, 0.3) is 21.5 Å². The van der Waals surface area contributed by atoms with Gasteiger partial charge >= 0.3 is 0 Å². The summed E-state index contributed by atoms with van der Waals surface area (Å²) < 4.78 is 37.2. The molecule has 5 rings (SSSR count). The Bertz CT molecular complexity index is 1900. The fraction of sp³-hybridized carbons (Fsp3) is 0.0968. The van der Waals surface area contributed by atoms with Crippen molar-refractivity contribution < 1.29 is 17.9 Å². The van der Waals surface area contributed by atoms with Crippen molar-refractivity contribution in [1.82, 2.24) is 9.36 Å². The quantitative estimate of drug-likeness (QED) is 0.217. The zero-order chi connectivity index (χ0) is 29.9. The van der Waals surface area contributed by atoms with Crippen LogP contribution in [0.4, 0.5) is 22.7 Å². The first kappa shape index (κ1) is 28.2. The molecular formula is C31H29N5O5S. The van der Waals surface area contributed by atoms with E-state index < -0.39 is 21.5 Å². The maximum atomic E-state index is 13.3. The lowest BCUT2D eigenvalue weighted by molar-refractivity contribution is 0.102. The molecule has 5 aromatic rings. The molecule has 214 valence electrons. The molecule has 0 aliphatic heterocycles. The van der Waals surface area contributed by atoms with Crippen molar-refractivity contribution in [3.8, 4) is 11.4 Å². The zero-order valence-electron chi connectivity index (χ0n) is 23.2. The van der Waals surface area contributed by atoms with E-state index >= 15 is 0 Å². The topological polar surface area (TPSA) is 123 Å². The number of aromatic nitrogens is 2. The number of methoxy groups -OCH3 is 1. The molecular weight excluding hydrogens is 554 g/mol. The van der Waals surface area contributed by atoms with Crippen LogP contribution in [0, 0.1) is 6.92 Å². The lowest BCUT2D eigenvalue weighted by Crippen LogP contribution is -2.23. The van der Waals surface area contributed by atoms with Crippen molar-refractivity contribution >= 4 is 38.7 Å². The Hall–Kier alpha value is -5.29. The number of amides is 1. The van der Waals surface area contributed by atoms with Gasteiger partial charge in [0.1, 0.15) is 11.4 Å². The van der Waals surface area contributed by atoms with Gasteiger partial charge in [-0.15, -0.1) is 0 Å². The van der Waals surface area contributed by atoms with Gasteiger partial charge in [-0.3, -0.25) is 19.0 Å². The van der Waals surface area contributed by atoms with Crippen LogP contribution in [-0.2, 0) is 17.1 Å². The first-order valence-electron chi connectivity index (χ1n) is 13.0. The van der Waals surface area contributed by atoms with E-state index in [4.69, 9.17) is 4.74 Å². The molecule has 1 heterocycles. The summed E-state index contributed by atoms with van der Waals surface area (Å²) in [6.45, 7) is 1.65. The van der Waals surface area contributed by atoms with Gasteiger partial charge < -0.3 is 15.4 Å². The average molecular weight is 584 g/mol. The fourth-order valence-electron chi connectivity index (χ4n) is 4.36. The van der Waals surface area contributed by atoms with Crippen LogP contribution < -0.4 is 25.7 Å². The lowest BCUT2D eigenvalue weighted by atomic mass is 10.2. The summed E-state index contributed by atoms with van der Waals surface area (Å²) in [5.74, 6) is 0.276. The second-order valence-corrected chi connectivity index (χ2v) is 11.1. The highest BCUT2D eigenvalue weighted by atomic mass is 32.2. The van der Waals surface area contributed by atoms with Gasteiger partial charge in [0.05, 0.1) is 23.4 Å². The van der Waals surface area contributed by atoms with E-state index in [1.165, 1.54) is 28.9 Å². The number of rotatable bonds is 9. The maximum Gasteiger partial charge on any atom is 0.296 e. The second-order valence-electron chi connectivity index (χ2n) is 9.45. The summed E-state index contributed by atoms with van der Waals surface area (Å²) in [6.07, 6.45) is 0. The fourth-order valence-corrected chi connectivity index (χ4v) is 5.53. The Labute approximate surface area is 243 Å². The largest absolute Gasteiger partial charge is 0.497 e. The Morgan fingerprint density at radius 3 is 2.07 bits per heavy atom. The van der Waals surface area contributed by atoms with Crippen LogP contribution in [-0.4, -0.2) is 30.8 Å². The van der Waals surface area contributed by atoms with Gasteiger partial charge in [0, 0.05) is 29.7 Å². The van der Waals surface area contributed by atoms with E-state index in [1.807, 2.05) is 42.5 Å². The van der Waals surface area contributed by atoms with Crippen LogP contribution in [0.3, 0.4) is 0 Å². The summed E-state index contributed by atoms with van der Waals surface area (Å²) in [5, 5.41) is 6.05. The maximum absolute atomic E-state index is 13.3. The predicted octanol–water partition coefficient (Wildman–Crippen LogP) is 5.29. The van der Waals surface area contributed by atoms with E-state index in [1.54, 1.807) is 62.2 Å². The van der Waals surface area contributed by atoms with E-state index in [2.05, 4.69) is 15.4 Å². The summed E-state index contributed by atoms with van der Waals surface area (Å²) in [7, 11) is -0.902. The minimum absolute atomic E-state index is 0.0699. The molecule has 0 saturated carbocycles. The van der Waals surface area contributed by atoms with E-state index in [0.717, 1.165) is 17.1 Å². The molecule has 0 atom stereocenters. The van der Waals surface area contributed by atoms with Gasteiger partial charge in [-0.25, -0.2) is 13.1 Å². The normalized spacial score (nSPS) is 11.1. The van der Waals surface area contributed by atoms with Crippen molar-refractivity contribution in [2.75, 3.05) is 22.5 Å². The van der Waals surface area contributed by atoms with Crippen molar-refractivity contribution in [2.45, 2.75) is 11.8 Å². The third-order valence-corrected chi connectivity index (χ3v) is 8.07. The minimum atomic E-state index is -4.19. The third kappa shape index (κ3) is 5.91. The molecule has 4 aromatic carbocycles. The van der Waals surface area contributed by atoms with Crippen LogP contribution in [0.15, 0.2) is 113 Å². The molecule has 1 amide bonds. The zero-order valence-corrected chi connectivity index (χ0v) is 24.0. The summed E-state index contributed by atoms with van der Waals surface area (Å²) in [4.78, 5) is 26.0. The molecule has 42 heavy (non-hydrogen) atoms. The number of hydrogen-bond acceptors (Lipinski definition) is 6. The highest BCUT2D eigenvalue weighted by Gasteiger charge is 2.23. The molecule has 3 N–H and O–H groups in total. The summed E-state index contributed by atoms with van der Waals surface area (Å²) in [6, 6.07) is 29.1. The molecule has 0 bridgehead atoms. The molecule has 0 radical (unpaired) electrons. The van der Waals surface area contributed by atoms with E-state index in [0.29, 0.717) is 17.1 Å². The SMILES string of the molecule is COc1ccc(Nc2ccc(NC(=O)c3cccc(S(=O)(=O)Nc4c(C)n(C)n(-c5ccccc5)c4=O)c3)cc2)cc1. The Morgan fingerprint density at radius 2 is 1.43 bits per heavy atom. The summed E-state index contributed by atoms with van der Waals surface area (Å²) >= 11 is 0. The number of benzene rings is 4.